The van der Waals surface area contributed by atoms with Crippen LogP contribution in [-0.2, 0) is 4.74 Å². The molecule has 102 valence electrons. The molecule has 1 aromatic heterocycles. The van der Waals surface area contributed by atoms with Crippen LogP contribution >= 0.6 is 0 Å². The molecule has 1 aromatic carbocycles. The van der Waals surface area contributed by atoms with Gasteiger partial charge in [-0.25, -0.2) is 0 Å². The van der Waals surface area contributed by atoms with Crippen molar-refractivity contribution in [1.29, 1.82) is 5.26 Å². The number of rotatable bonds is 2. The minimum atomic E-state index is -0.123. The molecule has 0 amide bonds. The summed E-state index contributed by atoms with van der Waals surface area (Å²) >= 11 is 0. The van der Waals surface area contributed by atoms with Crippen molar-refractivity contribution in [2.75, 3.05) is 31.3 Å². The van der Waals surface area contributed by atoms with Gasteiger partial charge in [0.15, 0.2) is 0 Å². The number of aliphatic hydroxyl groups is 1. The molecule has 1 saturated heterocycles. The summed E-state index contributed by atoms with van der Waals surface area (Å²) in [4.78, 5) is 6.38. The number of morpholine rings is 1. The van der Waals surface area contributed by atoms with Crippen molar-refractivity contribution in [3.8, 4) is 6.07 Å². The molecular weight excluding hydrogens is 254 g/mol. The predicted octanol–water partition coefficient (Wildman–Crippen LogP) is 1.30. The van der Waals surface area contributed by atoms with Crippen molar-refractivity contribution >= 4 is 16.6 Å². The topological polar surface area (TPSA) is 69.4 Å². The third kappa shape index (κ3) is 2.09. The molecule has 0 spiro atoms. The molecule has 1 unspecified atom stereocenters. The predicted molar refractivity (Wildman–Crippen MR) is 75.5 cm³/mol. The quantitative estimate of drug-likeness (QED) is 0.890. The zero-order chi connectivity index (χ0) is 13.9. The van der Waals surface area contributed by atoms with Gasteiger partial charge in [-0.3, -0.25) is 4.98 Å². The van der Waals surface area contributed by atoms with E-state index >= 15 is 0 Å². The number of nitriles is 1. The molecule has 1 fully saturated rings. The van der Waals surface area contributed by atoms with E-state index in [9.17, 15) is 10.4 Å². The first-order valence-corrected chi connectivity index (χ1v) is 6.58. The van der Waals surface area contributed by atoms with Gasteiger partial charge in [0.05, 0.1) is 42.6 Å². The molecule has 0 radical (unpaired) electrons. The van der Waals surface area contributed by atoms with Gasteiger partial charge < -0.3 is 14.7 Å². The van der Waals surface area contributed by atoms with E-state index in [2.05, 4.69) is 16.0 Å². The second-order valence-electron chi connectivity index (χ2n) is 4.75. The normalized spacial score (nSPS) is 19.0. The highest BCUT2D eigenvalue weighted by Gasteiger charge is 2.26. The molecule has 2 heterocycles. The first-order valence-electron chi connectivity index (χ1n) is 6.58. The largest absolute Gasteiger partial charge is 0.394 e. The van der Waals surface area contributed by atoms with Crippen LogP contribution in [0.25, 0.3) is 10.9 Å². The van der Waals surface area contributed by atoms with E-state index in [0.29, 0.717) is 25.3 Å². The van der Waals surface area contributed by atoms with Crippen LogP contribution < -0.4 is 4.90 Å². The number of nitrogens with zero attached hydrogens (tertiary/aromatic N) is 3. The maximum absolute atomic E-state index is 9.54. The molecule has 0 bridgehead atoms. The molecule has 5 nitrogen and oxygen atoms in total. The summed E-state index contributed by atoms with van der Waals surface area (Å²) in [6, 6.07) is 9.82. The minimum Gasteiger partial charge on any atom is -0.394 e. The van der Waals surface area contributed by atoms with Crippen molar-refractivity contribution in [3.63, 3.8) is 0 Å². The molecule has 20 heavy (non-hydrogen) atoms. The maximum atomic E-state index is 9.54. The highest BCUT2D eigenvalue weighted by atomic mass is 16.5. The average Bonchev–Trinajstić information content (AvgIpc) is 2.53. The van der Waals surface area contributed by atoms with Crippen LogP contribution in [0.1, 0.15) is 5.56 Å². The first kappa shape index (κ1) is 12.9. The number of fused-ring (bicyclic) bond motifs is 1. The van der Waals surface area contributed by atoms with Crippen LogP contribution in [0.15, 0.2) is 30.5 Å². The number of hydrogen-bond donors (Lipinski definition) is 1. The molecule has 1 aliphatic rings. The fourth-order valence-electron chi connectivity index (χ4n) is 2.62. The SMILES string of the molecule is N#Cc1cnc2ccccc2c1N1CCOCC1CO. The van der Waals surface area contributed by atoms with E-state index in [1.165, 1.54) is 0 Å². The number of para-hydroxylation sites is 1. The smallest absolute Gasteiger partial charge is 0.103 e. The lowest BCUT2D eigenvalue weighted by molar-refractivity contribution is 0.0728. The first-order chi connectivity index (χ1) is 9.85. The lowest BCUT2D eigenvalue weighted by Gasteiger charge is -2.37. The molecule has 0 aliphatic carbocycles. The Hall–Kier alpha value is -2.16. The van der Waals surface area contributed by atoms with Crippen molar-refractivity contribution in [3.05, 3.63) is 36.0 Å². The van der Waals surface area contributed by atoms with E-state index < -0.39 is 0 Å². The summed E-state index contributed by atoms with van der Waals surface area (Å²) in [5, 5.41) is 19.8. The van der Waals surface area contributed by atoms with Crippen LogP contribution in [0.3, 0.4) is 0 Å². The number of anilines is 1. The number of aromatic nitrogens is 1. The number of ether oxygens (including phenoxy) is 1. The lowest BCUT2D eigenvalue weighted by Crippen LogP contribution is -2.48. The van der Waals surface area contributed by atoms with Crippen LogP contribution in [-0.4, -0.2) is 42.5 Å². The average molecular weight is 269 g/mol. The van der Waals surface area contributed by atoms with Crippen LogP contribution in [0.4, 0.5) is 5.69 Å². The fourth-order valence-corrected chi connectivity index (χ4v) is 2.62. The highest BCUT2D eigenvalue weighted by Crippen LogP contribution is 2.31. The zero-order valence-electron chi connectivity index (χ0n) is 11.0. The van der Waals surface area contributed by atoms with Gasteiger partial charge in [0.1, 0.15) is 6.07 Å². The molecule has 0 saturated carbocycles. The summed E-state index contributed by atoms with van der Waals surface area (Å²) in [7, 11) is 0. The number of hydrogen-bond acceptors (Lipinski definition) is 5. The Balaban J connectivity index is 2.20. The Labute approximate surface area is 117 Å². The number of pyridine rings is 1. The summed E-state index contributed by atoms with van der Waals surface area (Å²) < 4.78 is 5.41. The van der Waals surface area contributed by atoms with Gasteiger partial charge in [0.25, 0.3) is 0 Å². The van der Waals surface area contributed by atoms with Crippen LogP contribution in [0, 0.1) is 11.3 Å². The summed E-state index contributed by atoms with van der Waals surface area (Å²) in [6.07, 6.45) is 1.60. The summed E-state index contributed by atoms with van der Waals surface area (Å²) in [5.41, 5.74) is 2.23. The Morgan fingerprint density at radius 1 is 1.45 bits per heavy atom. The van der Waals surface area contributed by atoms with Crippen molar-refractivity contribution < 1.29 is 9.84 Å². The second kappa shape index (κ2) is 5.45. The second-order valence-corrected chi connectivity index (χ2v) is 4.75. The highest BCUT2D eigenvalue weighted by molar-refractivity contribution is 5.94. The van der Waals surface area contributed by atoms with E-state index in [1.807, 2.05) is 24.3 Å². The standard InChI is InChI=1S/C15H15N3O2/c16-7-11-8-17-14-4-2-1-3-13(14)15(11)18-5-6-20-10-12(18)9-19/h1-4,8,12,19H,5-6,9-10H2. The minimum absolute atomic E-state index is 0.00151. The molecular formula is C15H15N3O2. The monoisotopic (exact) mass is 269 g/mol. The van der Waals surface area contributed by atoms with E-state index in [4.69, 9.17) is 4.74 Å². The van der Waals surface area contributed by atoms with E-state index in [0.717, 1.165) is 16.6 Å². The van der Waals surface area contributed by atoms with Gasteiger partial charge in [-0.15, -0.1) is 0 Å². The van der Waals surface area contributed by atoms with Gasteiger partial charge in [-0.2, -0.15) is 5.26 Å². The molecule has 5 heteroatoms. The van der Waals surface area contributed by atoms with E-state index in [1.54, 1.807) is 6.20 Å². The van der Waals surface area contributed by atoms with Gasteiger partial charge in [-0.1, -0.05) is 18.2 Å². The molecule has 1 atom stereocenters. The summed E-state index contributed by atoms with van der Waals surface area (Å²) in [5.74, 6) is 0. The molecule has 1 N–H and O–H groups in total. The molecule has 3 rings (SSSR count). The Bertz CT molecular complexity index is 666. The van der Waals surface area contributed by atoms with Crippen molar-refractivity contribution in [2.24, 2.45) is 0 Å². The molecule has 2 aromatic rings. The number of aliphatic hydroxyl groups excluding tert-OH is 1. The third-order valence-corrected chi connectivity index (χ3v) is 3.59. The van der Waals surface area contributed by atoms with Crippen LogP contribution in [0.2, 0.25) is 0 Å². The third-order valence-electron chi connectivity index (χ3n) is 3.59. The van der Waals surface area contributed by atoms with Crippen LogP contribution in [0.5, 0.6) is 0 Å². The maximum Gasteiger partial charge on any atom is 0.103 e. The molecule has 1 aliphatic heterocycles. The van der Waals surface area contributed by atoms with Gasteiger partial charge in [0, 0.05) is 18.1 Å². The summed E-state index contributed by atoms with van der Waals surface area (Å²) in [6.45, 7) is 1.73. The van der Waals surface area contributed by atoms with E-state index in [-0.39, 0.29) is 12.6 Å². The Morgan fingerprint density at radius 2 is 2.30 bits per heavy atom. The Kier molecular flexibility index (Phi) is 3.50. The van der Waals surface area contributed by atoms with Gasteiger partial charge in [0.2, 0.25) is 0 Å². The fraction of sp³-hybridized carbons (Fsp3) is 0.333. The van der Waals surface area contributed by atoms with Crippen molar-refractivity contribution in [2.45, 2.75) is 6.04 Å². The number of benzene rings is 1. The Morgan fingerprint density at radius 3 is 3.10 bits per heavy atom. The van der Waals surface area contributed by atoms with Crippen molar-refractivity contribution in [1.82, 2.24) is 4.98 Å². The lowest BCUT2D eigenvalue weighted by atomic mass is 10.1. The van der Waals surface area contributed by atoms with Gasteiger partial charge in [-0.05, 0) is 6.07 Å². The van der Waals surface area contributed by atoms with Gasteiger partial charge >= 0.3 is 0 Å². The zero-order valence-corrected chi connectivity index (χ0v) is 11.0.